The Morgan fingerprint density at radius 1 is 1.17 bits per heavy atom. The normalized spacial score (nSPS) is 12.1. The second-order valence-corrected chi connectivity index (χ2v) is 5.71. The third kappa shape index (κ3) is 3.55. The van der Waals surface area contributed by atoms with E-state index in [1.165, 1.54) is 4.85 Å². The van der Waals surface area contributed by atoms with E-state index < -0.39 is 6.10 Å². The summed E-state index contributed by atoms with van der Waals surface area (Å²) in [5.74, 6) is -0.321. The number of benzene rings is 2. The number of carbonyl (C=O) groups is 1. The predicted molar refractivity (Wildman–Crippen MR) is 88.7 cm³/mol. The van der Waals surface area contributed by atoms with Gasteiger partial charge < -0.3 is 10.2 Å². The molecule has 0 unspecified atom stereocenters. The number of fused-ring (bicyclic) bond motifs is 1. The number of nitrogens with zero attached hydrogens (tertiary/aromatic N) is 3. The smallest absolute Gasteiger partial charge is 0.267 e. The average Bonchev–Trinajstić information content (AvgIpc) is 2.91. The quantitative estimate of drug-likeness (QED) is 0.784. The van der Waals surface area contributed by atoms with Crippen LogP contribution in [0.4, 0.5) is 5.69 Å². The van der Waals surface area contributed by atoms with Crippen molar-refractivity contribution in [2.24, 2.45) is 0 Å². The molecule has 0 aliphatic carbocycles. The summed E-state index contributed by atoms with van der Waals surface area (Å²) < 4.78 is 0. The molecule has 118 valence electrons. The molecule has 2 aromatic carbocycles. The van der Waals surface area contributed by atoms with Crippen LogP contribution in [0.3, 0.4) is 0 Å². The number of hydrogen-bond donors (Lipinski definition) is 1. The highest BCUT2D eigenvalue weighted by molar-refractivity contribution is 6.31. The molecule has 23 heavy (non-hydrogen) atoms. The Hall–Kier alpha value is -2.31. The second kappa shape index (κ2) is 6.44. The molecule has 0 saturated carbocycles. The van der Waals surface area contributed by atoms with Crippen molar-refractivity contribution < 1.29 is 9.63 Å². The molecule has 0 aliphatic rings. The van der Waals surface area contributed by atoms with Crippen LogP contribution in [-0.4, -0.2) is 27.2 Å². The first-order valence-electron chi connectivity index (χ1n) is 6.77. The largest absolute Gasteiger partial charge is 0.382 e. The van der Waals surface area contributed by atoms with Crippen molar-refractivity contribution in [3.63, 3.8) is 0 Å². The van der Waals surface area contributed by atoms with Crippen LogP contribution in [0.5, 0.6) is 0 Å². The number of carbonyl (C=O) groups excluding carboxylic acids is 1. The summed E-state index contributed by atoms with van der Waals surface area (Å²) in [5, 5.41) is 11.7. The van der Waals surface area contributed by atoms with Crippen LogP contribution in [0.2, 0.25) is 10.0 Å². The van der Waals surface area contributed by atoms with E-state index in [2.05, 4.69) is 15.6 Å². The Morgan fingerprint density at radius 2 is 1.87 bits per heavy atom. The average molecular weight is 351 g/mol. The van der Waals surface area contributed by atoms with Crippen LogP contribution < -0.4 is 10.2 Å². The second-order valence-electron chi connectivity index (χ2n) is 4.84. The van der Waals surface area contributed by atoms with Crippen LogP contribution >= 0.6 is 23.2 Å². The summed E-state index contributed by atoms with van der Waals surface area (Å²) in [6.45, 7) is 1.61. The number of aromatic nitrogens is 3. The van der Waals surface area contributed by atoms with Crippen LogP contribution in [0.15, 0.2) is 42.5 Å². The Bertz CT molecular complexity index is 848. The first kappa shape index (κ1) is 15.6. The highest BCUT2D eigenvalue weighted by Crippen LogP contribution is 2.17. The minimum absolute atomic E-state index is 0.321. The Balaban J connectivity index is 1.72. The first-order valence-corrected chi connectivity index (χ1v) is 7.53. The summed E-state index contributed by atoms with van der Waals surface area (Å²) >= 11 is 11.8. The van der Waals surface area contributed by atoms with Gasteiger partial charge in [0.2, 0.25) is 6.10 Å². The van der Waals surface area contributed by atoms with E-state index >= 15 is 0 Å². The fourth-order valence-corrected chi connectivity index (χ4v) is 2.22. The monoisotopic (exact) mass is 350 g/mol. The van der Waals surface area contributed by atoms with Crippen molar-refractivity contribution in [1.82, 2.24) is 15.2 Å². The maximum absolute atomic E-state index is 12.2. The van der Waals surface area contributed by atoms with Gasteiger partial charge >= 0.3 is 0 Å². The predicted octanol–water partition coefficient (Wildman–Crippen LogP) is 3.19. The number of nitrogens with one attached hydrogen (secondary N) is 1. The summed E-state index contributed by atoms with van der Waals surface area (Å²) in [7, 11) is 0. The van der Waals surface area contributed by atoms with Crippen molar-refractivity contribution in [2.75, 3.05) is 5.32 Å². The molecule has 1 atom stereocenters. The maximum atomic E-state index is 12.2. The summed E-state index contributed by atoms with van der Waals surface area (Å²) in [6, 6.07) is 11.9. The number of amides is 1. The zero-order valence-electron chi connectivity index (χ0n) is 12.0. The van der Waals surface area contributed by atoms with Gasteiger partial charge in [-0.3, -0.25) is 4.79 Å². The van der Waals surface area contributed by atoms with Gasteiger partial charge in [-0.2, -0.15) is 0 Å². The maximum Gasteiger partial charge on any atom is 0.267 e. The molecule has 6 nitrogen and oxygen atoms in total. The van der Waals surface area contributed by atoms with E-state index in [1.54, 1.807) is 49.4 Å². The van der Waals surface area contributed by atoms with Crippen molar-refractivity contribution in [1.29, 1.82) is 0 Å². The van der Waals surface area contributed by atoms with Gasteiger partial charge in [0.1, 0.15) is 11.0 Å². The molecule has 8 heteroatoms. The molecular formula is C15H12Cl2N4O2. The zero-order chi connectivity index (χ0) is 16.4. The minimum atomic E-state index is -0.783. The SMILES string of the molecule is C[C@H](On1nnc2ccc(Cl)cc21)C(=O)Nc1ccc(Cl)cc1. The van der Waals surface area contributed by atoms with Gasteiger partial charge in [-0.1, -0.05) is 28.0 Å². The van der Waals surface area contributed by atoms with Gasteiger partial charge in [-0.05, 0) is 54.6 Å². The molecule has 3 aromatic rings. The van der Waals surface area contributed by atoms with Crippen molar-refractivity contribution in [3.8, 4) is 0 Å². The highest BCUT2D eigenvalue weighted by Gasteiger charge is 2.17. The molecule has 1 aromatic heterocycles. The molecule has 3 rings (SSSR count). The van der Waals surface area contributed by atoms with E-state index in [-0.39, 0.29) is 5.91 Å². The van der Waals surface area contributed by atoms with E-state index in [1.807, 2.05) is 0 Å². The highest BCUT2D eigenvalue weighted by atomic mass is 35.5. The lowest BCUT2D eigenvalue weighted by Crippen LogP contribution is -2.35. The molecule has 0 aliphatic heterocycles. The molecule has 0 fully saturated rings. The van der Waals surface area contributed by atoms with E-state index in [0.29, 0.717) is 26.8 Å². The topological polar surface area (TPSA) is 69.0 Å². The summed E-state index contributed by atoms with van der Waals surface area (Å²) in [6.07, 6.45) is -0.783. The Kier molecular flexibility index (Phi) is 4.36. The Morgan fingerprint density at radius 3 is 2.61 bits per heavy atom. The molecule has 0 bridgehead atoms. The van der Waals surface area contributed by atoms with E-state index in [9.17, 15) is 4.79 Å². The van der Waals surface area contributed by atoms with Gasteiger partial charge in [0.15, 0.2) is 0 Å². The lowest BCUT2D eigenvalue weighted by Gasteiger charge is -2.13. The lowest BCUT2D eigenvalue weighted by molar-refractivity contribution is -0.127. The molecule has 1 N–H and O–H groups in total. The summed E-state index contributed by atoms with van der Waals surface area (Å²) in [4.78, 5) is 18.9. The Labute approximate surface area is 141 Å². The molecule has 1 heterocycles. The molecular weight excluding hydrogens is 339 g/mol. The van der Waals surface area contributed by atoms with Gasteiger partial charge in [0.05, 0.1) is 0 Å². The number of halogens is 2. The number of rotatable bonds is 4. The molecule has 0 spiro atoms. The van der Waals surface area contributed by atoms with E-state index in [0.717, 1.165) is 0 Å². The fraction of sp³-hybridized carbons (Fsp3) is 0.133. The zero-order valence-corrected chi connectivity index (χ0v) is 13.5. The minimum Gasteiger partial charge on any atom is -0.382 e. The standard InChI is InChI=1S/C15H12Cl2N4O2/c1-9(15(22)18-12-5-2-10(16)3-6-12)23-21-14-8-11(17)4-7-13(14)19-20-21/h2-9H,1H3,(H,18,22)/t9-/m0/s1. The lowest BCUT2D eigenvalue weighted by atomic mass is 10.3. The third-order valence-electron chi connectivity index (χ3n) is 3.12. The van der Waals surface area contributed by atoms with E-state index in [4.69, 9.17) is 28.0 Å². The van der Waals surface area contributed by atoms with Crippen LogP contribution in [0.1, 0.15) is 6.92 Å². The van der Waals surface area contributed by atoms with Crippen molar-refractivity contribution >= 4 is 45.8 Å². The van der Waals surface area contributed by atoms with Crippen molar-refractivity contribution in [2.45, 2.75) is 13.0 Å². The van der Waals surface area contributed by atoms with Crippen LogP contribution in [-0.2, 0) is 4.79 Å². The van der Waals surface area contributed by atoms with Gasteiger partial charge in [-0.25, -0.2) is 0 Å². The number of anilines is 1. The van der Waals surface area contributed by atoms with Crippen LogP contribution in [0, 0.1) is 0 Å². The first-order chi connectivity index (χ1) is 11.0. The van der Waals surface area contributed by atoms with Gasteiger partial charge in [0.25, 0.3) is 5.91 Å². The molecule has 0 radical (unpaired) electrons. The fourth-order valence-electron chi connectivity index (χ4n) is 1.92. The third-order valence-corrected chi connectivity index (χ3v) is 3.60. The van der Waals surface area contributed by atoms with Gasteiger partial charge in [0, 0.05) is 15.7 Å². The van der Waals surface area contributed by atoms with Crippen molar-refractivity contribution in [3.05, 3.63) is 52.5 Å². The molecule has 0 saturated heterocycles. The number of hydrogen-bond acceptors (Lipinski definition) is 4. The molecule has 1 amide bonds. The van der Waals surface area contributed by atoms with Crippen LogP contribution in [0.25, 0.3) is 11.0 Å². The van der Waals surface area contributed by atoms with Gasteiger partial charge in [-0.15, -0.1) is 5.10 Å². The summed E-state index contributed by atoms with van der Waals surface area (Å²) in [5.41, 5.74) is 1.84.